The minimum Gasteiger partial charge on any atom is -0.360 e. The van der Waals surface area contributed by atoms with Crippen molar-refractivity contribution in [3.63, 3.8) is 0 Å². The molecule has 0 bridgehead atoms. The standard InChI is InChI=1S/C17H16ClFN4O3.ClH/c18-14-7-12(3-6-15(24)23-26)9-21-17(14)22-10-16(25)20-8-11-1-4-13(19)5-2-11;/h1-7,9,26H,8,10H2,(H,20,25)(H,21,22)(H,23,24);1H/b6-3+;. The Balaban J connectivity index is 0.00000364. The van der Waals surface area contributed by atoms with Crippen LogP contribution in [0.15, 0.2) is 42.6 Å². The summed E-state index contributed by atoms with van der Waals surface area (Å²) in [5, 5.41) is 14.2. The van der Waals surface area contributed by atoms with Gasteiger partial charge in [0.05, 0.1) is 11.6 Å². The molecule has 1 aromatic heterocycles. The van der Waals surface area contributed by atoms with Crippen LogP contribution in [-0.2, 0) is 16.1 Å². The Labute approximate surface area is 166 Å². The Morgan fingerprint density at radius 2 is 1.96 bits per heavy atom. The van der Waals surface area contributed by atoms with Gasteiger partial charge >= 0.3 is 0 Å². The molecule has 0 atom stereocenters. The normalized spacial score (nSPS) is 10.2. The summed E-state index contributed by atoms with van der Waals surface area (Å²) in [5.41, 5.74) is 2.79. The van der Waals surface area contributed by atoms with E-state index in [-0.39, 0.29) is 42.2 Å². The van der Waals surface area contributed by atoms with E-state index < -0.39 is 5.91 Å². The molecule has 2 amide bonds. The zero-order valence-electron chi connectivity index (χ0n) is 13.9. The van der Waals surface area contributed by atoms with Gasteiger partial charge in [0.25, 0.3) is 5.91 Å². The molecule has 0 unspecified atom stereocenters. The van der Waals surface area contributed by atoms with Crippen LogP contribution in [-0.4, -0.2) is 28.6 Å². The Morgan fingerprint density at radius 1 is 1.26 bits per heavy atom. The smallest absolute Gasteiger partial charge is 0.267 e. The Hall–Kier alpha value is -2.68. The van der Waals surface area contributed by atoms with E-state index in [9.17, 15) is 14.0 Å². The number of hydrogen-bond acceptors (Lipinski definition) is 5. The third-order valence-electron chi connectivity index (χ3n) is 3.22. The minimum atomic E-state index is -0.679. The predicted octanol–water partition coefficient (Wildman–Crippen LogP) is 2.54. The predicted molar refractivity (Wildman–Crippen MR) is 102 cm³/mol. The van der Waals surface area contributed by atoms with Crippen molar-refractivity contribution in [2.24, 2.45) is 0 Å². The van der Waals surface area contributed by atoms with E-state index in [4.69, 9.17) is 16.8 Å². The summed E-state index contributed by atoms with van der Waals surface area (Å²) in [6.07, 6.45) is 3.98. The molecule has 0 saturated carbocycles. The molecule has 144 valence electrons. The average Bonchev–Trinajstić information content (AvgIpc) is 2.64. The molecule has 7 nitrogen and oxygen atoms in total. The molecule has 4 N–H and O–H groups in total. The maximum absolute atomic E-state index is 12.8. The van der Waals surface area contributed by atoms with Gasteiger partial charge in [-0.25, -0.2) is 14.9 Å². The quantitative estimate of drug-likeness (QED) is 0.316. The molecule has 2 aromatic rings. The first-order valence-corrected chi connectivity index (χ1v) is 7.88. The van der Waals surface area contributed by atoms with Crippen molar-refractivity contribution in [3.8, 4) is 0 Å². The van der Waals surface area contributed by atoms with Crippen LogP contribution < -0.4 is 16.1 Å². The zero-order valence-corrected chi connectivity index (χ0v) is 15.5. The molecule has 2 rings (SSSR count). The van der Waals surface area contributed by atoms with Crippen LogP contribution in [0.5, 0.6) is 0 Å². The van der Waals surface area contributed by atoms with E-state index in [1.807, 2.05) is 0 Å². The van der Waals surface area contributed by atoms with Gasteiger partial charge in [0.1, 0.15) is 11.6 Å². The van der Waals surface area contributed by atoms with E-state index in [1.165, 1.54) is 29.9 Å². The molecule has 27 heavy (non-hydrogen) atoms. The maximum atomic E-state index is 12.8. The summed E-state index contributed by atoms with van der Waals surface area (Å²) >= 11 is 6.07. The number of carbonyl (C=O) groups excluding carboxylic acids is 2. The Kier molecular flexibility index (Phi) is 9.21. The summed E-state index contributed by atoms with van der Waals surface area (Å²) in [6.45, 7) is 0.231. The van der Waals surface area contributed by atoms with Crippen molar-refractivity contribution in [2.45, 2.75) is 6.54 Å². The largest absolute Gasteiger partial charge is 0.360 e. The number of benzene rings is 1. The number of rotatable bonds is 7. The van der Waals surface area contributed by atoms with Gasteiger partial charge < -0.3 is 10.6 Å². The molecular weight excluding hydrogens is 398 g/mol. The number of halogens is 3. The van der Waals surface area contributed by atoms with Gasteiger partial charge in [0.15, 0.2) is 0 Å². The van der Waals surface area contributed by atoms with E-state index in [0.29, 0.717) is 11.4 Å². The average molecular weight is 415 g/mol. The van der Waals surface area contributed by atoms with Crippen LogP contribution >= 0.6 is 24.0 Å². The van der Waals surface area contributed by atoms with E-state index in [2.05, 4.69) is 15.6 Å². The van der Waals surface area contributed by atoms with Gasteiger partial charge in [-0.3, -0.25) is 14.8 Å². The number of aromatic nitrogens is 1. The zero-order chi connectivity index (χ0) is 18.9. The van der Waals surface area contributed by atoms with Crippen LogP contribution in [0, 0.1) is 5.82 Å². The fourth-order valence-corrected chi connectivity index (χ4v) is 2.15. The highest BCUT2D eigenvalue weighted by atomic mass is 35.5. The van der Waals surface area contributed by atoms with Crippen LogP contribution in [0.1, 0.15) is 11.1 Å². The molecule has 0 aliphatic carbocycles. The number of nitrogens with zero attached hydrogens (tertiary/aromatic N) is 1. The van der Waals surface area contributed by atoms with Crippen LogP contribution in [0.25, 0.3) is 6.08 Å². The summed E-state index contributed by atoms with van der Waals surface area (Å²) < 4.78 is 12.8. The molecule has 0 fully saturated rings. The summed E-state index contributed by atoms with van der Waals surface area (Å²) in [7, 11) is 0. The number of pyridine rings is 1. The fourth-order valence-electron chi connectivity index (χ4n) is 1.91. The first kappa shape index (κ1) is 22.4. The van der Waals surface area contributed by atoms with Crippen molar-refractivity contribution in [3.05, 3.63) is 64.6 Å². The van der Waals surface area contributed by atoms with Crippen molar-refractivity contribution in [2.75, 3.05) is 11.9 Å². The van der Waals surface area contributed by atoms with E-state index in [0.717, 1.165) is 11.6 Å². The molecule has 0 aliphatic rings. The number of hydrogen-bond donors (Lipinski definition) is 4. The highest BCUT2D eigenvalue weighted by Gasteiger charge is 2.06. The highest BCUT2D eigenvalue weighted by Crippen LogP contribution is 2.20. The van der Waals surface area contributed by atoms with Crippen LogP contribution in [0.2, 0.25) is 5.02 Å². The van der Waals surface area contributed by atoms with Crippen molar-refractivity contribution < 1.29 is 19.2 Å². The second kappa shape index (κ2) is 11.1. The molecule has 0 radical (unpaired) electrons. The topological polar surface area (TPSA) is 103 Å². The SMILES string of the molecule is Cl.O=C(/C=C/c1cnc(NCC(=O)NCc2ccc(F)cc2)c(Cl)c1)NO. The van der Waals surface area contributed by atoms with Gasteiger partial charge in [-0.2, -0.15) is 0 Å². The van der Waals surface area contributed by atoms with Gasteiger partial charge in [-0.15, -0.1) is 12.4 Å². The number of nitrogens with one attached hydrogen (secondary N) is 3. The van der Waals surface area contributed by atoms with Crippen molar-refractivity contribution in [1.82, 2.24) is 15.8 Å². The summed E-state index contributed by atoms with van der Waals surface area (Å²) in [6, 6.07) is 7.37. The Bertz CT molecular complexity index is 816. The second-order valence-corrected chi connectivity index (χ2v) is 5.57. The fraction of sp³-hybridized carbons (Fsp3) is 0.118. The van der Waals surface area contributed by atoms with Gasteiger partial charge in [-0.05, 0) is 35.4 Å². The monoisotopic (exact) mass is 414 g/mol. The number of hydroxylamine groups is 1. The van der Waals surface area contributed by atoms with E-state index >= 15 is 0 Å². The molecule has 0 aliphatic heterocycles. The van der Waals surface area contributed by atoms with Crippen LogP contribution in [0.4, 0.5) is 10.2 Å². The number of amides is 2. The summed E-state index contributed by atoms with van der Waals surface area (Å²) in [5.74, 6) is -0.984. The Morgan fingerprint density at radius 3 is 2.59 bits per heavy atom. The first-order chi connectivity index (χ1) is 12.5. The molecule has 1 aromatic carbocycles. The molecule has 0 spiro atoms. The lowest BCUT2D eigenvalue weighted by Crippen LogP contribution is -2.29. The van der Waals surface area contributed by atoms with Gasteiger partial charge in [0.2, 0.25) is 5.91 Å². The van der Waals surface area contributed by atoms with Crippen molar-refractivity contribution >= 4 is 47.7 Å². The first-order valence-electron chi connectivity index (χ1n) is 7.50. The second-order valence-electron chi connectivity index (χ2n) is 5.17. The lowest BCUT2D eigenvalue weighted by atomic mass is 10.2. The maximum Gasteiger partial charge on any atom is 0.267 e. The third-order valence-corrected chi connectivity index (χ3v) is 3.51. The van der Waals surface area contributed by atoms with Crippen LogP contribution in [0.3, 0.4) is 0 Å². The van der Waals surface area contributed by atoms with Crippen molar-refractivity contribution in [1.29, 1.82) is 0 Å². The number of anilines is 1. The van der Waals surface area contributed by atoms with Gasteiger partial charge in [0, 0.05) is 18.8 Å². The molecule has 1 heterocycles. The lowest BCUT2D eigenvalue weighted by molar-refractivity contribution is -0.124. The minimum absolute atomic E-state index is 0. The molecular formula is C17H17Cl2FN4O3. The molecule has 0 saturated heterocycles. The number of carbonyl (C=O) groups is 2. The summed E-state index contributed by atoms with van der Waals surface area (Å²) in [4.78, 5) is 26.8. The highest BCUT2D eigenvalue weighted by molar-refractivity contribution is 6.33. The molecule has 10 heteroatoms. The van der Waals surface area contributed by atoms with E-state index in [1.54, 1.807) is 18.2 Å². The third kappa shape index (κ3) is 7.61. The van der Waals surface area contributed by atoms with Gasteiger partial charge in [-0.1, -0.05) is 23.7 Å². The lowest BCUT2D eigenvalue weighted by Gasteiger charge is -2.09.